The molecular weight excluding hydrogens is 116 g/mol. The second-order valence-corrected chi connectivity index (χ2v) is 2.05. The van der Waals surface area contributed by atoms with E-state index in [9.17, 15) is 4.79 Å². The van der Waals surface area contributed by atoms with Crippen molar-refractivity contribution in [3.8, 4) is 0 Å². The van der Waals surface area contributed by atoms with Crippen molar-refractivity contribution in [2.45, 2.75) is 13.8 Å². The van der Waals surface area contributed by atoms with Gasteiger partial charge in [-0.1, -0.05) is 0 Å². The Bertz CT molecular complexity index is 162. The van der Waals surface area contributed by atoms with Gasteiger partial charge in [-0.05, 0) is 13.8 Å². The van der Waals surface area contributed by atoms with Gasteiger partial charge in [0.1, 0.15) is 6.67 Å². The summed E-state index contributed by atoms with van der Waals surface area (Å²) in [6, 6.07) is 0. The van der Waals surface area contributed by atoms with Crippen LogP contribution in [0, 0.1) is 0 Å². The third kappa shape index (κ3) is 0.943. The van der Waals surface area contributed by atoms with Gasteiger partial charge in [0, 0.05) is 6.54 Å². The molecule has 3 nitrogen and oxygen atoms in total. The zero-order chi connectivity index (χ0) is 6.85. The minimum Gasteiger partial charge on any atom is -0.318 e. The molecule has 0 atom stereocenters. The summed E-state index contributed by atoms with van der Waals surface area (Å²) in [6.45, 7) is 5.02. The van der Waals surface area contributed by atoms with E-state index in [0.29, 0.717) is 12.4 Å². The number of amides is 1. The van der Waals surface area contributed by atoms with Crippen molar-refractivity contribution >= 4 is 11.6 Å². The number of hydrogen-bond acceptors (Lipinski definition) is 2. The molecule has 0 fully saturated rings. The standard InChI is InChI=1S/C6H10N2O/c1-3-8-4-7-5(2)6(8)9/h3-4H2,1-2H3. The lowest BCUT2D eigenvalue weighted by atomic mass is 10.4. The molecule has 1 aliphatic heterocycles. The monoisotopic (exact) mass is 126 g/mol. The summed E-state index contributed by atoms with van der Waals surface area (Å²) in [6.07, 6.45) is 0. The molecule has 0 aliphatic carbocycles. The third-order valence-corrected chi connectivity index (χ3v) is 1.46. The first kappa shape index (κ1) is 6.26. The van der Waals surface area contributed by atoms with Gasteiger partial charge in [0.25, 0.3) is 5.91 Å². The van der Waals surface area contributed by atoms with Crippen LogP contribution >= 0.6 is 0 Å². The zero-order valence-corrected chi connectivity index (χ0v) is 5.72. The van der Waals surface area contributed by atoms with E-state index < -0.39 is 0 Å². The molecule has 0 aromatic carbocycles. The molecule has 1 heterocycles. The average molecular weight is 126 g/mol. The lowest BCUT2D eigenvalue weighted by Gasteiger charge is -2.09. The number of hydrogen-bond donors (Lipinski definition) is 0. The van der Waals surface area contributed by atoms with Crippen LogP contribution < -0.4 is 0 Å². The molecule has 1 aliphatic rings. The molecule has 0 N–H and O–H groups in total. The van der Waals surface area contributed by atoms with Gasteiger partial charge in [-0.2, -0.15) is 0 Å². The van der Waals surface area contributed by atoms with E-state index in [2.05, 4.69) is 4.99 Å². The van der Waals surface area contributed by atoms with Crippen LogP contribution in [0.1, 0.15) is 13.8 Å². The van der Waals surface area contributed by atoms with Crippen LogP contribution in [0.25, 0.3) is 0 Å². The van der Waals surface area contributed by atoms with E-state index >= 15 is 0 Å². The molecule has 0 radical (unpaired) electrons. The first-order valence-electron chi connectivity index (χ1n) is 3.06. The highest BCUT2D eigenvalue weighted by Gasteiger charge is 2.19. The van der Waals surface area contributed by atoms with Crippen molar-refractivity contribution < 1.29 is 4.79 Å². The maximum Gasteiger partial charge on any atom is 0.269 e. The van der Waals surface area contributed by atoms with Gasteiger partial charge in [-0.25, -0.2) is 0 Å². The molecule has 0 aromatic heterocycles. The van der Waals surface area contributed by atoms with Gasteiger partial charge >= 0.3 is 0 Å². The van der Waals surface area contributed by atoms with Gasteiger partial charge in [-0.15, -0.1) is 0 Å². The lowest BCUT2D eigenvalue weighted by Crippen LogP contribution is -2.28. The summed E-state index contributed by atoms with van der Waals surface area (Å²) < 4.78 is 0. The van der Waals surface area contributed by atoms with Crippen molar-refractivity contribution in [3.63, 3.8) is 0 Å². The first-order chi connectivity index (χ1) is 4.25. The quantitative estimate of drug-likeness (QED) is 0.496. The SMILES string of the molecule is CCN1CN=C(C)C1=O. The first-order valence-corrected chi connectivity index (χ1v) is 3.06. The number of nitrogens with zero attached hydrogens (tertiary/aromatic N) is 2. The molecule has 1 rings (SSSR count). The fourth-order valence-corrected chi connectivity index (χ4v) is 0.796. The minimum absolute atomic E-state index is 0.0810. The lowest BCUT2D eigenvalue weighted by molar-refractivity contribution is -0.122. The molecule has 0 aromatic rings. The Kier molecular flexibility index (Phi) is 1.51. The van der Waals surface area contributed by atoms with Gasteiger partial charge in [0.05, 0.1) is 5.71 Å². The van der Waals surface area contributed by atoms with E-state index in [1.165, 1.54) is 0 Å². The number of carbonyl (C=O) groups is 1. The molecule has 0 bridgehead atoms. The van der Waals surface area contributed by atoms with E-state index in [-0.39, 0.29) is 5.91 Å². The zero-order valence-electron chi connectivity index (χ0n) is 5.72. The van der Waals surface area contributed by atoms with Crippen molar-refractivity contribution in [1.29, 1.82) is 0 Å². The Balaban J connectivity index is 2.62. The molecule has 1 amide bonds. The minimum atomic E-state index is 0.0810. The highest BCUT2D eigenvalue weighted by Crippen LogP contribution is 2.00. The molecule has 0 spiro atoms. The van der Waals surface area contributed by atoms with E-state index in [0.717, 1.165) is 6.54 Å². The Morgan fingerprint density at radius 3 is 2.67 bits per heavy atom. The summed E-state index contributed by atoms with van der Waals surface area (Å²) in [5.74, 6) is 0.0810. The second kappa shape index (κ2) is 2.17. The number of aliphatic imine (C=N–C) groups is 1. The Morgan fingerprint density at radius 2 is 2.44 bits per heavy atom. The number of rotatable bonds is 1. The van der Waals surface area contributed by atoms with E-state index in [1.54, 1.807) is 11.8 Å². The normalized spacial score (nSPS) is 18.7. The maximum absolute atomic E-state index is 10.9. The Morgan fingerprint density at radius 1 is 1.78 bits per heavy atom. The van der Waals surface area contributed by atoms with Gasteiger partial charge in [-0.3, -0.25) is 9.79 Å². The second-order valence-electron chi connectivity index (χ2n) is 2.05. The summed E-state index contributed by atoms with van der Waals surface area (Å²) >= 11 is 0. The summed E-state index contributed by atoms with van der Waals surface area (Å²) in [5, 5.41) is 0. The molecule has 3 heteroatoms. The van der Waals surface area contributed by atoms with E-state index in [1.807, 2.05) is 6.92 Å². The molecule has 50 valence electrons. The van der Waals surface area contributed by atoms with Crippen LogP contribution in [-0.2, 0) is 4.79 Å². The average Bonchev–Trinajstić information content (AvgIpc) is 2.15. The van der Waals surface area contributed by atoms with Crippen LogP contribution in [0.3, 0.4) is 0 Å². The van der Waals surface area contributed by atoms with Crippen LogP contribution in [0.4, 0.5) is 0 Å². The fraction of sp³-hybridized carbons (Fsp3) is 0.667. The molecule has 9 heavy (non-hydrogen) atoms. The fourth-order valence-electron chi connectivity index (χ4n) is 0.796. The van der Waals surface area contributed by atoms with Crippen LogP contribution in [0.2, 0.25) is 0 Å². The molecule has 0 unspecified atom stereocenters. The van der Waals surface area contributed by atoms with E-state index in [4.69, 9.17) is 0 Å². The number of carbonyl (C=O) groups excluding carboxylic acids is 1. The van der Waals surface area contributed by atoms with Crippen molar-refractivity contribution in [3.05, 3.63) is 0 Å². The molecular formula is C6H10N2O. The van der Waals surface area contributed by atoms with Crippen LogP contribution in [0.15, 0.2) is 4.99 Å². The summed E-state index contributed by atoms with van der Waals surface area (Å²) in [5.41, 5.74) is 0.636. The van der Waals surface area contributed by atoms with Crippen molar-refractivity contribution in [2.75, 3.05) is 13.2 Å². The van der Waals surface area contributed by atoms with Crippen LogP contribution in [0.5, 0.6) is 0 Å². The third-order valence-electron chi connectivity index (χ3n) is 1.46. The smallest absolute Gasteiger partial charge is 0.269 e. The largest absolute Gasteiger partial charge is 0.318 e. The summed E-state index contributed by atoms with van der Waals surface area (Å²) in [7, 11) is 0. The highest BCUT2D eigenvalue weighted by molar-refractivity contribution is 6.39. The maximum atomic E-state index is 10.9. The summed E-state index contributed by atoms with van der Waals surface area (Å²) in [4.78, 5) is 16.6. The molecule has 0 saturated carbocycles. The van der Waals surface area contributed by atoms with Crippen LogP contribution in [-0.4, -0.2) is 29.7 Å². The Hall–Kier alpha value is -0.860. The predicted octanol–water partition coefficient (Wildman–Crippen LogP) is 0.267. The van der Waals surface area contributed by atoms with Crippen molar-refractivity contribution in [2.24, 2.45) is 4.99 Å². The highest BCUT2D eigenvalue weighted by atomic mass is 16.2. The van der Waals surface area contributed by atoms with Gasteiger partial charge < -0.3 is 4.90 Å². The topological polar surface area (TPSA) is 32.7 Å². The Labute approximate surface area is 54.4 Å². The van der Waals surface area contributed by atoms with Gasteiger partial charge in [0.15, 0.2) is 0 Å². The van der Waals surface area contributed by atoms with Crippen molar-refractivity contribution in [1.82, 2.24) is 4.90 Å². The molecule has 0 saturated heterocycles. The predicted molar refractivity (Wildman–Crippen MR) is 35.4 cm³/mol. The van der Waals surface area contributed by atoms with Gasteiger partial charge in [0.2, 0.25) is 0 Å².